The van der Waals surface area contributed by atoms with E-state index in [4.69, 9.17) is 9.90 Å². The van der Waals surface area contributed by atoms with Gasteiger partial charge in [-0.1, -0.05) is 6.07 Å². The molecule has 2 aliphatic rings. The number of rotatable bonds is 3. The molecule has 1 unspecified atom stereocenters. The Morgan fingerprint density at radius 3 is 2.48 bits per heavy atom. The number of aryl methyl sites for hydroxylation is 1. The quantitative estimate of drug-likeness (QED) is 0.789. The highest BCUT2D eigenvalue weighted by Crippen LogP contribution is 2.40. The lowest BCUT2D eigenvalue weighted by Gasteiger charge is -2.40. The molecule has 0 amide bonds. The van der Waals surface area contributed by atoms with Gasteiger partial charge in [-0.15, -0.1) is 0 Å². The summed E-state index contributed by atoms with van der Waals surface area (Å²) in [6.45, 7) is 7.52. The highest BCUT2D eigenvalue weighted by Gasteiger charge is 2.42. The molecule has 168 valence electrons. The van der Waals surface area contributed by atoms with Gasteiger partial charge in [0.1, 0.15) is 0 Å². The van der Waals surface area contributed by atoms with Crippen LogP contribution in [0.3, 0.4) is 0 Å². The fourth-order valence-electron chi connectivity index (χ4n) is 4.26. The van der Waals surface area contributed by atoms with E-state index in [2.05, 4.69) is 49.9 Å². The van der Waals surface area contributed by atoms with Crippen LogP contribution >= 0.6 is 0 Å². The molecule has 0 saturated carbocycles. The third-order valence-corrected chi connectivity index (χ3v) is 5.59. The lowest BCUT2D eigenvalue weighted by Crippen LogP contribution is -2.44. The van der Waals surface area contributed by atoms with Crippen LogP contribution in [0.5, 0.6) is 0 Å². The average molecular weight is 437 g/mol. The first-order chi connectivity index (χ1) is 14.7. The van der Waals surface area contributed by atoms with Crippen LogP contribution in [0, 0.1) is 12.3 Å². The van der Waals surface area contributed by atoms with Crippen molar-refractivity contribution in [1.29, 1.82) is 0 Å². The number of hydrogen-bond acceptors (Lipinski definition) is 6. The van der Waals surface area contributed by atoms with Gasteiger partial charge in [0.25, 0.3) is 0 Å². The predicted molar refractivity (Wildman–Crippen MR) is 108 cm³/mol. The topological polar surface area (TPSA) is 82.5 Å². The number of aromatic nitrogens is 3. The molecule has 10 heteroatoms. The molecule has 0 aliphatic carbocycles. The molecule has 7 nitrogen and oxygen atoms in total. The Kier molecular flexibility index (Phi) is 7.09. The highest BCUT2D eigenvalue weighted by molar-refractivity contribution is 5.73. The molecule has 4 rings (SSSR count). The van der Waals surface area contributed by atoms with E-state index in [1.807, 2.05) is 18.5 Å². The Hall–Kier alpha value is -2.75. The minimum Gasteiger partial charge on any atom is -0.475 e. The molecular formula is C21H26F3N5O2. The maximum atomic E-state index is 10.6. The summed E-state index contributed by atoms with van der Waals surface area (Å²) in [4.78, 5) is 27.4. The second-order valence-electron chi connectivity index (χ2n) is 8.11. The number of nitrogens with zero attached hydrogens (tertiary/aromatic N) is 5. The van der Waals surface area contributed by atoms with E-state index in [-0.39, 0.29) is 0 Å². The van der Waals surface area contributed by atoms with Crippen LogP contribution in [-0.2, 0) is 11.3 Å². The standard InChI is InChI=1S/C19H25N5.C2HF3O2/c1-16-5-2-6-17(22-16)13-23-11-3-7-19(14-23)8-12-24(15-19)18-20-9-4-10-21-18;3-2(4,5)1(6)7/h2,4-6,9-10H,3,7-8,11-15H2,1H3;(H,6,7). The number of anilines is 1. The fourth-order valence-corrected chi connectivity index (χ4v) is 4.26. The van der Waals surface area contributed by atoms with E-state index in [0.717, 1.165) is 37.8 Å². The van der Waals surface area contributed by atoms with Gasteiger partial charge in [-0.3, -0.25) is 9.88 Å². The number of likely N-dealkylation sites (tertiary alicyclic amines) is 1. The number of aliphatic carboxylic acids is 1. The minimum atomic E-state index is -5.08. The smallest absolute Gasteiger partial charge is 0.475 e. The van der Waals surface area contributed by atoms with Gasteiger partial charge in [-0.2, -0.15) is 13.2 Å². The maximum absolute atomic E-state index is 10.6. The third-order valence-electron chi connectivity index (χ3n) is 5.59. The van der Waals surface area contributed by atoms with Gasteiger partial charge >= 0.3 is 12.1 Å². The van der Waals surface area contributed by atoms with Gasteiger partial charge in [-0.25, -0.2) is 14.8 Å². The summed E-state index contributed by atoms with van der Waals surface area (Å²) in [5.74, 6) is -1.88. The molecule has 1 N–H and O–H groups in total. The number of carbonyl (C=O) groups is 1. The van der Waals surface area contributed by atoms with E-state index in [0.29, 0.717) is 5.41 Å². The van der Waals surface area contributed by atoms with Crippen molar-refractivity contribution < 1.29 is 23.1 Å². The zero-order valence-electron chi connectivity index (χ0n) is 17.3. The van der Waals surface area contributed by atoms with E-state index in [1.54, 1.807) is 0 Å². The number of halogens is 3. The largest absolute Gasteiger partial charge is 0.490 e. The monoisotopic (exact) mass is 437 g/mol. The van der Waals surface area contributed by atoms with E-state index in [9.17, 15) is 13.2 Å². The van der Waals surface area contributed by atoms with Crippen molar-refractivity contribution in [2.75, 3.05) is 31.1 Å². The molecule has 2 aromatic rings. The number of piperidine rings is 1. The number of pyridine rings is 1. The zero-order chi connectivity index (χ0) is 22.5. The van der Waals surface area contributed by atoms with Gasteiger partial charge in [0.15, 0.2) is 0 Å². The normalized spacial score (nSPS) is 21.6. The molecule has 2 fully saturated rings. The third kappa shape index (κ3) is 6.36. The van der Waals surface area contributed by atoms with Crippen LogP contribution in [0.1, 0.15) is 30.7 Å². The molecule has 1 atom stereocenters. The van der Waals surface area contributed by atoms with Crippen molar-refractivity contribution in [3.8, 4) is 0 Å². The number of carboxylic acids is 1. The first-order valence-electron chi connectivity index (χ1n) is 10.1. The van der Waals surface area contributed by atoms with Crippen LogP contribution in [-0.4, -0.2) is 63.3 Å². The van der Waals surface area contributed by atoms with E-state index < -0.39 is 12.1 Å². The van der Waals surface area contributed by atoms with Crippen molar-refractivity contribution in [2.24, 2.45) is 5.41 Å². The molecule has 2 aromatic heterocycles. The molecule has 0 radical (unpaired) electrons. The second kappa shape index (κ2) is 9.59. The van der Waals surface area contributed by atoms with Crippen LogP contribution in [0.4, 0.5) is 19.1 Å². The molecule has 4 heterocycles. The summed E-state index contributed by atoms with van der Waals surface area (Å²) < 4.78 is 31.7. The van der Waals surface area contributed by atoms with Crippen LogP contribution < -0.4 is 4.90 Å². The van der Waals surface area contributed by atoms with Crippen LogP contribution in [0.25, 0.3) is 0 Å². The lowest BCUT2D eigenvalue weighted by atomic mass is 9.79. The van der Waals surface area contributed by atoms with Crippen molar-refractivity contribution in [1.82, 2.24) is 19.9 Å². The van der Waals surface area contributed by atoms with Crippen molar-refractivity contribution >= 4 is 11.9 Å². The molecule has 0 aromatic carbocycles. The van der Waals surface area contributed by atoms with Crippen LogP contribution in [0.2, 0.25) is 0 Å². The van der Waals surface area contributed by atoms with Crippen molar-refractivity contribution in [2.45, 2.75) is 38.9 Å². The molecular weight excluding hydrogens is 411 g/mol. The Morgan fingerprint density at radius 2 is 1.84 bits per heavy atom. The van der Waals surface area contributed by atoms with Gasteiger partial charge in [0, 0.05) is 49.7 Å². The Balaban J connectivity index is 0.000000339. The summed E-state index contributed by atoms with van der Waals surface area (Å²) in [7, 11) is 0. The van der Waals surface area contributed by atoms with Crippen molar-refractivity contribution in [3.63, 3.8) is 0 Å². The second-order valence-corrected chi connectivity index (χ2v) is 8.11. The predicted octanol–water partition coefficient (Wildman–Crippen LogP) is 3.31. The highest BCUT2D eigenvalue weighted by atomic mass is 19.4. The number of carboxylic acid groups (broad SMARTS) is 1. The molecule has 1 spiro atoms. The molecule has 2 aliphatic heterocycles. The summed E-state index contributed by atoms with van der Waals surface area (Å²) >= 11 is 0. The SMILES string of the molecule is Cc1cccc(CN2CCCC3(CCN(c4ncccn4)C3)C2)n1.O=C(O)C(F)(F)F. The van der Waals surface area contributed by atoms with E-state index >= 15 is 0 Å². The first-order valence-corrected chi connectivity index (χ1v) is 10.1. The van der Waals surface area contributed by atoms with Crippen LogP contribution in [0.15, 0.2) is 36.7 Å². The average Bonchev–Trinajstić information content (AvgIpc) is 3.11. The Labute approximate surface area is 178 Å². The lowest BCUT2D eigenvalue weighted by molar-refractivity contribution is -0.192. The van der Waals surface area contributed by atoms with Gasteiger partial charge in [0.2, 0.25) is 5.95 Å². The molecule has 0 bridgehead atoms. The number of alkyl halides is 3. The maximum Gasteiger partial charge on any atom is 0.490 e. The Bertz CT molecular complexity index is 881. The fraction of sp³-hybridized carbons (Fsp3) is 0.524. The molecule has 31 heavy (non-hydrogen) atoms. The zero-order valence-corrected chi connectivity index (χ0v) is 17.3. The van der Waals surface area contributed by atoms with Gasteiger partial charge in [0.05, 0.1) is 5.69 Å². The Morgan fingerprint density at radius 1 is 1.13 bits per heavy atom. The summed E-state index contributed by atoms with van der Waals surface area (Å²) in [6, 6.07) is 8.21. The van der Waals surface area contributed by atoms with Gasteiger partial charge in [-0.05, 0) is 50.9 Å². The van der Waals surface area contributed by atoms with Gasteiger partial charge < -0.3 is 10.0 Å². The van der Waals surface area contributed by atoms with E-state index in [1.165, 1.54) is 31.5 Å². The first kappa shape index (κ1) is 22.9. The summed E-state index contributed by atoms with van der Waals surface area (Å²) in [5.41, 5.74) is 2.68. The summed E-state index contributed by atoms with van der Waals surface area (Å²) in [6.07, 6.45) is 2.42. The van der Waals surface area contributed by atoms with Crippen molar-refractivity contribution in [3.05, 3.63) is 48.0 Å². The summed E-state index contributed by atoms with van der Waals surface area (Å²) in [5, 5.41) is 7.12. The minimum absolute atomic E-state index is 0.390. The molecule has 2 saturated heterocycles. The number of hydrogen-bond donors (Lipinski definition) is 1.